The third-order valence-electron chi connectivity index (χ3n) is 2.95. The van der Waals surface area contributed by atoms with Crippen LogP contribution < -0.4 is 5.32 Å². The maximum absolute atomic E-state index is 4.38. The van der Waals surface area contributed by atoms with Gasteiger partial charge in [0.15, 0.2) is 0 Å². The van der Waals surface area contributed by atoms with Gasteiger partial charge in [-0.15, -0.1) is 0 Å². The summed E-state index contributed by atoms with van der Waals surface area (Å²) in [6.45, 7) is 3.01. The maximum atomic E-state index is 4.38. The Hall–Kier alpha value is -1.15. The van der Waals surface area contributed by atoms with Gasteiger partial charge in [0.25, 0.3) is 0 Å². The summed E-state index contributed by atoms with van der Waals surface area (Å²) in [5.41, 5.74) is 2.45. The maximum Gasteiger partial charge on any atom is 0.0570 e. The van der Waals surface area contributed by atoms with E-state index < -0.39 is 0 Å². The molecule has 1 aliphatic rings. The molecule has 0 fully saturated rings. The predicted octanol–water partition coefficient (Wildman–Crippen LogP) is 2.59. The normalized spacial score (nSPS) is 20.5. The molecular formula is C13H18N2. The fraction of sp³-hybridized carbons (Fsp3) is 0.462. The number of hydrogen-bond acceptors (Lipinski definition) is 2. The average molecular weight is 202 g/mol. The van der Waals surface area contributed by atoms with Crippen LogP contribution in [-0.4, -0.2) is 11.0 Å². The molecule has 15 heavy (non-hydrogen) atoms. The Morgan fingerprint density at radius 2 is 2.40 bits per heavy atom. The summed E-state index contributed by atoms with van der Waals surface area (Å²) in [4.78, 5) is 4.38. The van der Waals surface area contributed by atoms with E-state index in [9.17, 15) is 0 Å². The number of aryl methyl sites for hydroxylation is 1. The quantitative estimate of drug-likeness (QED) is 0.762. The van der Waals surface area contributed by atoms with E-state index >= 15 is 0 Å². The number of rotatable bonds is 3. The van der Waals surface area contributed by atoms with Crippen LogP contribution in [0.15, 0.2) is 30.5 Å². The standard InChI is InChI=1S/C13H18N2/c1-11-6-5-9-14-13(11)10-15-12-7-3-2-4-8-12/h2-3,5-6,9,12,15H,4,7-8,10H2,1H3. The van der Waals surface area contributed by atoms with E-state index in [4.69, 9.17) is 0 Å². The molecule has 80 valence electrons. The molecule has 1 aliphatic carbocycles. The Labute approximate surface area is 91.4 Å². The fourth-order valence-electron chi connectivity index (χ4n) is 1.92. The zero-order valence-electron chi connectivity index (χ0n) is 9.24. The van der Waals surface area contributed by atoms with E-state index in [1.807, 2.05) is 12.3 Å². The van der Waals surface area contributed by atoms with Crippen molar-refractivity contribution in [2.24, 2.45) is 0 Å². The van der Waals surface area contributed by atoms with Crippen LogP contribution in [0.5, 0.6) is 0 Å². The van der Waals surface area contributed by atoms with Gasteiger partial charge >= 0.3 is 0 Å². The molecule has 1 N–H and O–H groups in total. The van der Waals surface area contributed by atoms with Gasteiger partial charge < -0.3 is 5.32 Å². The highest BCUT2D eigenvalue weighted by atomic mass is 14.9. The van der Waals surface area contributed by atoms with Gasteiger partial charge in [0.05, 0.1) is 5.69 Å². The molecule has 2 heteroatoms. The fourth-order valence-corrected chi connectivity index (χ4v) is 1.92. The van der Waals surface area contributed by atoms with E-state index in [1.165, 1.54) is 24.1 Å². The largest absolute Gasteiger partial charge is 0.308 e. The first-order valence-corrected chi connectivity index (χ1v) is 5.65. The topological polar surface area (TPSA) is 24.9 Å². The van der Waals surface area contributed by atoms with Crippen LogP contribution in [0.2, 0.25) is 0 Å². The minimum atomic E-state index is 0.636. The van der Waals surface area contributed by atoms with Gasteiger partial charge in [-0.2, -0.15) is 0 Å². The van der Waals surface area contributed by atoms with Crippen LogP contribution >= 0.6 is 0 Å². The number of nitrogens with zero attached hydrogens (tertiary/aromatic N) is 1. The molecule has 0 saturated heterocycles. The van der Waals surface area contributed by atoms with Crippen LogP contribution in [0.25, 0.3) is 0 Å². The second-order valence-electron chi connectivity index (χ2n) is 4.13. The van der Waals surface area contributed by atoms with Gasteiger partial charge in [0.2, 0.25) is 0 Å². The minimum Gasteiger partial charge on any atom is -0.308 e. The highest BCUT2D eigenvalue weighted by Crippen LogP contribution is 2.11. The molecule has 1 unspecified atom stereocenters. The van der Waals surface area contributed by atoms with E-state index in [0.29, 0.717) is 6.04 Å². The van der Waals surface area contributed by atoms with Crippen molar-refractivity contribution in [3.63, 3.8) is 0 Å². The van der Waals surface area contributed by atoms with Crippen molar-refractivity contribution in [2.45, 2.75) is 38.8 Å². The number of hydrogen-bond donors (Lipinski definition) is 1. The van der Waals surface area contributed by atoms with Gasteiger partial charge in [-0.25, -0.2) is 0 Å². The molecule has 0 aliphatic heterocycles. The van der Waals surface area contributed by atoms with E-state index in [0.717, 1.165) is 13.0 Å². The zero-order valence-corrected chi connectivity index (χ0v) is 9.24. The first kappa shape index (κ1) is 10.4. The van der Waals surface area contributed by atoms with Crippen LogP contribution in [0.1, 0.15) is 30.5 Å². The average Bonchev–Trinajstić information content (AvgIpc) is 2.29. The highest BCUT2D eigenvalue weighted by molar-refractivity contribution is 5.17. The van der Waals surface area contributed by atoms with Crippen LogP contribution in [0.4, 0.5) is 0 Å². The number of aromatic nitrogens is 1. The van der Waals surface area contributed by atoms with Crippen LogP contribution in [0.3, 0.4) is 0 Å². The smallest absolute Gasteiger partial charge is 0.0570 e. The van der Waals surface area contributed by atoms with E-state index in [2.05, 4.69) is 35.4 Å². The minimum absolute atomic E-state index is 0.636. The zero-order chi connectivity index (χ0) is 10.5. The summed E-state index contributed by atoms with van der Waals surface area (Å²) in [6, 6.07) is 4.74. The first-order valence-electron chi connectivity index (χ1n) is 5.65. The van der Waals surface area contributed by atoms with Crippen molar-refractivity contribution in [3.8, 4) is 0 Å². The van der Waals surface area contributed by atoms with Crippen molar-refractivity contribution in [2.75, 3.05) is 0 Å². The van der Waals surface area contributed by atoms with Gasteiger partial charge in [0, 0.05) is 18.8 Å². The monoisotopic (exact) mass is 202 g/mol. The molecule has 2 rings (SSSR count). The number of nitrogens with one attached hydrogen (secondary N) is 1. The van der Waals surface area contributed by atoms with Crippen molar-refractivity contribution >= 4 is 0 Å². The van der Waals surface area contributed by atoms with Gasteiger partial charge in [-0.3, -0.25) is 4.98 Å². The molecule has 0 radical (unpaired) electrons. The molecule has 0 saturated carbocycles. The molecule has 2 nitrogen and oxygen atoms in total. The Morgan fingerprint density at radius 1 is 1.47 bits per heavy atom. The summed E-state index contributed by atoms with van der Waals surface area (Å²) < 4.78 is 0. The van der Waals surface area contributed by atoms with Crippen LogP contribution in [0, 0.1) is 6.92 Å². The Balaban J connectivity index is 1.87. The Kier molecular flexibility index (Phi) is 3.51. The summed E-state index contributed by atoms with van der Waals surface area (Å²) in [5.74, 6) is 0. The van der Waals surface area contributed by atoms with Crippen molar-refractivity contribution in [3.05, 3.63) is 41.7 Å². The third kappa shape index (κ3) is 2.90. The SMILES string of the molecule is Cc1cccnc1CNC1CC=CCC1. The molecule has 0 aromatic carbocycles. The Morgan fingerprint density at radius 3 is 3.13 bits per heavy atom. The second kappa shape index (κ2) is 5.08. The molecule has 1 aromatic rings. The number of pyridine rings is 1. The summed E-state index contributed by atoms with van der Waals surface area (Å²) in [5, 5.41) is 3.56. The molecule has 1 atom stereocenters. The first-order chi connectivity index (χ1) is 7.36. The van der Waals surface area contributed by atoms with Gasteiger partial charge in [0.1, 0.15) is 0 Å². The number of allylic oxidation sites excluding steroid dienone is 1. The predicted molar refractivity (Wildman–Crippen MR) is 62.6 cm³/mol. The molecule has 0 bridgehead atoms. The summed E-state index contributed by atoms with van der Waals surface area (Å²) in [6.07, 6.45) is 10.0. The molecular weight excluding hydrogens is 184 g/mol. The summed E-state index contributed by atoms with van der Waals surface area (Å²) in [7, 11) is 0. The molecule has 0 amide bonds. The summed E-state index contributed by atoms with van der Waals surface area (Å²) >= 11 is 0. The lowest BCUT2D eigenvalue weighted by atomic mass is 10.0. The van der Waals surface area contributed by atoms with Gasteiger partial charge in [-0.1, -0.05) is 18.2 Å². The lowest BCUT2D eigenvalue weighted by Gasteiger charge is -2.19. The van der Waals surface area contributed by atoms with Crippen molar-refractivity contribution in [1.82, 2.24) is 10.3 Å². The lowest BCUT2D eigenvalue weighted by Crippen LogP contribution is -2.29. The third-order valence-corrected chi connectivity index (χ3v) is 2.95. The lowest BCUT2D eigenvalue weighted by molar-refractivity contribution is 0.470. The van der Waals surface area contributed by atoms with Gasteiger partial charge in [-0.05, 0) is 37.8 Å². The van der Waals surface area contributed by atoms with E-state index in [1.54, 1.807) is 0 Å². The molecule has 0 spiro atoms. The van der Waals surface area contributed by atoms with E-state index in [-0.39, 0.29) is 0 Å². The van der Waals surface area contributed by atoms with Crippen molar-refractivity contribution < 1.29 is 0 Å². The Bertz CT molecular complexity index is 344. The molecule has 1 heterocycles. The van der Waals surface area contributed by atoms with Crippen LogP contribution in [-0.2, 0) is 6.54 Å². The van der Waals surface area contributed by atoms with Crippen molar-refractivity contribution in [1.29, 1.82) is 0 Å². The second-order valence-corrected chi connectivity index (χ2v) is 4.13. The highest BCUT2D eigenvalue weighted by Gasteiger charge is 2.09. The molecule has 1 aromatic heterocycles.